The summed E-state index contributed by atoms with van der Waals surface area (Å²) in [6.07, 6.45) is 8.19. The van der Waals surface area contributed by atoms with Gasteiger partial charge < -0.3 is 15.4 Å². The summed E-state index contributed by atoms with van der Waals surface area (Å²) in [7, 11) is 0. The van der Waals surface area contributed by atoms with E-state index in [1.165, 1.54) is 0 Å². The van der Waals surface area contributed by atoms with Gasteiger partial charge in [0.05, 0.1) is 19.8 Å². The van der Waals surface area contributed by atoms with Crippen LogP contribution < -0.4 is 5.73 Å². The number of hydrogen-bond donors (Lipinski definition) is 1. The van der Waals surface area contributed by atoms with E-state index in [0.717, 1.165) is 61.0 Å². The first kappa shape index (κ1) is 19.1. The normalized spacial score (nSPS) is 24.2. The van der Waals surface area contributed by atoms with Gasteiger partial charge in [0, 0.05) is 42.0 Å². The number of hydrogen-bond acceptors (Lipinski definition) is 5. The Balaban J connectivity index is 1.97. The Labute approximate surface area is 160 Å². The monoisotopic (exact) mass is 374 g/mol. The highest BCUT2D eigenvalue weighted by Gasteiger charge is 2.34. The lowest BCUT2D eigenvalue weighted by Crippen LogP contribution is -2.51. The van der Waals surface area contributed by atoms with E-state index in [0.29, 0.717) is 11.6 Å². The van der Waals surface area contributed by atoms with Crippen molar-refractivity contribution in [3.8, 4) is 0 Å². The number of morpholine rings is 1. The minimum atomic E-state index is 0.216. The summed E-state index contributed by atoms with van der Waals surface area (Å²) in [5, 5.41) is 0.674. The molecule has 140 valence electrons. The first-order valence-electron chi connectivity index (χ1n) is 9.00. The first-order chi connectivity index (χ1) is 12.5. The third-order valence-electron chi connectivity index (χ3n) is 4.77. The SMILES string of the molecule is C=C/C(C1=CN2C(=NCC2N2CCOCC2)C=C1CN)=C(/Cl)C=C(C)C. The Kier molecular flexibility index (Phi) is 6.14. The molecule has 1 saturated heterocycles. The van der Waals surface area contributed by atoms with Crippen molar-refractivity contribution in [1.29, 1.82) is 0 Å². The summed E-state index contributed by atoms with van der Waals surface area (Å²) in [5.41, 5.74) is 10.1. The molecule has 1 unspecified atom stereocenters. The molecule has 6 heteroatoms. The number of halogens is 1. The molecule has 0 aromatic heterocycles. The average Bonchev–Trinajstić information content (AvgIpc) is 3.04. The van der Waals surface area contributed by atoms with E-state index in [4.69, 9.17) is 27.1 Å². The smallest absolute Gasteiger partial charge is 0.129 e. The molecule has 1 atom stereocenters. The van der Waals surface area contributed by atoms with Crippen LogP contribution in [0.1, 0.15) is 13.8 Å². The molecule has 0 saturated carbocycles. The number of ether oxygens (including phenoxy) is 1. The van der Waals surface area contributed by atoms with Gasteiger partial charge in [-0.3, -0.25) is 9.89 Å². The molecule has 0 radical (unpaired) electrons. The van der Waals surface area contributed by atoms with Gasteiger partial charge in [0.1, 0.15) is 12.0 Å². The van der Waals surface area contributed by atoms with Gasteiger partial charge in [0.2, 0.25) is 0 Å². The summed E-state index contributed by atoms with van der Waals surface area (Å²) in [4.78, 5) is 9.38. The summed E-state index contributed by atoms with van der Waals surface area (Å²) in [6.45, 7) is 12.6. The number of allylic oxidation sites excluding steroid dienone is 5. The minimum Gasteiger partial charge on any atom is -0.379 e. The lowest BCUT2D eigenvalue weighted by Gasteiger charge is -2.38. The van der Waals surface area contributed by atoms with Crippen molar-refractivity contribution in [3.63, 3.8) is 0 Å². The minimum absolute atomic E-state index is 0.216. The molecule has 3 aliphatic rings. The van der Waals surface area contributed by atoms with E-state index in [-0.39, 0.29) is 6.17 Å². The van der Waals surface area contributed by atoms with Crippen molar-refractivity contribution in [3.05, 3.63) is 58.3 Å². The quantitative estimate of drug-likeness (QED) is 0.752. The highest BCUT2D eigenvalue weighted by molar-refractivity contribution is 6.32. The Bertz CT molecular complexity index is 722. The van der Waals surface area contributed by atoms with Crippen LogP contribution in [0.5, 0.6) is 0 Å². The summed E-state index contributed by atoms with van der Waals surface area (Å²) in [5.74, 6) is 0.965. The Morgan fingerprint density at radius 2 is 2.15 bits per heavy atom. The van der Waals surface area contributed by atoms with Crippen LogP contribution in [0.25, 0.3) is 0 Å². The zero-order valence-corrected chi connectivity index (χ0v) is 16.3. The van der Waals surface area contributed by atoms with Crippen molar-refractivity contribution < 1.29 is 4.74 Å². The van der Waals surface area contributed by atoms with Gasteiger partial charge in [0.25, 0.3) is 0 Å². The zero-order valence-electron chi connectivity index (χ0n) is 15.5. The Morgan fingerprint density at radius 1 is 1.42 bits per heavy atom. The van der Waals surface area contributed by atoms with Crippen molar-refractivity contribution >= 4 is 17.4 Å². The molecule has 0 bridgehead atoms. The number of amidine groups is 1. The number of fused-ring (bicyclic) bond motifs is 1. The maximum Gasteiger partial charge on any atom is 0.129 e. The van der Waals surface area contributed by atoms with Gasteiger partial charge in [-0.2, -0.15) is 0 Å². The third kappa shape index (κ3) is 3.86. The second kappa shape index (κ2) is 8.35. The molecule has 5 nitrogen and oxygen atoms in total. The van der Waals surface area contributed by atoms with Crippen molar-refractivity contribution in [2.75, 3.05) is 39.4 Å². The van der Waals surface area contributed by atoms with Crippen LogP contribution in [0.4, 0.5) is 0 Å². The highest BCUT2D eigenvalue weighted by atomic mass is 35.5. The van der Waals surface area contributed by atoms with E-state index in [1.807, 2.05) is 19.9 Å². The van der Waals surface area contributed by atoms with Crippen LogP contribution in [0.3, 0.4) is 0 Å². The lowest BCUT2D eigenvalue weighted by atomic mass is 9.94. The summed E-state index contributed by atoms with van der Waals surface area (Å²) >= 11 is 6.57. The molecule has 3 rings (SSSR count). The van der Waals surface area contributed by atoms with Crippen molar-refractivity contribution in [1.82, 2.24) is 9.80 Å². The zero-order chi connectivity index (χ0) is 18.7. The molecule has 0 amide bonds. The molecule has 1 fully saturated rings. The van der Waals surface area contributed by atoms with Gasteiger partial charge in [-0.15, -0.1) is 0 Å². The third-order valence-corrected chi connectivity index (χ3v) is 5.09. The van der Waals surface area contributed by atoms with E-state index >= 15 is 0 Å². The van der Waals surface area contributed by atoms with Crippen LogP contribution in [-0.4, -0.2) is 61.2 Å². The molecular formula is C20H27ClN4O. The van der Waals surface area contributed by atoms with Gasteiger partial charge in [-0.25, -0.2) is 0 Å². The van der Waals surface area contributed by atoms with E-state index < -0.39 is 0 Å². The molecule has 2 N–H and O–H groups in total. The van der Waals surface area contributed by atoms with Gasteiger partial charge in [0.15, 0.2) is 0 Å². The van der Waals surface area contributed by atoms with E-state index in [2.05, 4.69) is 28.7 Å². The average molecular weight is 375 g/mol. The molecule has 0 aliphatic carbocycles. The molecule has 0 aromatic carbocycles. The summed E-state index contributed by atoms with van der Waals surface area (Å²) < 4.78 is 5.49. The first-order valence-corrected chi connectivity index (χ1v) is 9.38. The van der Waals surface area contributed by atoms with Gasteiger partial charge >= 0.3 is 0 Å². The van der Waals surface area contributed by atoms with Crippen LogP contribution in [0.2, 0.25) is 0 Å². The number of nitrogens with zero attached hydrogens (tertiary/aromatic N) is 3. The lowest BCUT2D eigenvalue weighted by molar-refractivity contribution is 0.000414. The van der Waals surface area contributed by atoms with Crippen molar-refractivity contribution in [2.24, 2.45) is 10.7 Å². The van der Waals surface area contributed by atoms with Crippen LogP contribution in [0.15, 0.2) is 63.3 Å². The fraction of sp³-hybridized carbons (Fsp3) is 0.450. The molecular weight excluding hydrogens is 348 g/mol. The van der Waals surface area contributed by atoms with E-state index in [1.54, 1.807) is 6.08 Å². The number of nitrogens with two attached hydrogens (primary N) is 1. The van der Waals surface area contributed by atoms with Gasteiger partial charge in [-0.1, -0.05) is 29.8 Å². The predicted octanol–water partition coefficient (Wildman–Crippen LogP) is 2.79. The molecule has 3 aliphatic heterocycles. The van der Waals surface area contributed by atoms with Crippen LogP contribution in [0, 0.1) is 0 Å². The molecule has 3 heterocycles. The Hall–Kier alpha value is -1.66. The maximum atomic E-state index is 6.57. The fourth-order valence-corrected chi connectivity index (χ4v) is 3.87. The maximum absolute atomic E-state index is 6.57. The predicted molar refractivity (Wildman–Crippen MR) is 108 cm³/mol. The Morgan fingerprint density at radius 3 is 2.77 bits per heavy atom. The topological polar surface area (TPSA) is 54.1 Å². The molecule has 26 heavy (non-hydrogen) atoms. The second-order valence-electron chi connectivity index (χ2n) is 6.84. The standard InChI is InChI=1S/C20H27ClN4O/c1-4-16(18(21)9-14(2)3)17-13-25-19(10-15(17)11-22)23-12-20(25)24-5-7-26-8-6-24/h4,9-10,13,20H,1,5-8,11-12,22H2,2-3H3/b18-16-. The molecule has 0 aromatic rings. The van der Waals surface area contributed by atoms with Crippen LogP contribution >= 0.6 is 11.6 Å². The van der Waals surface area contributed by atoms with Crippen molar-refractivity contribution in [2.45, 2.75) is 20.0 Å². The number of aliphatic imine (C=N–C) groups is 1. The largest absolute Gasteiger partial charge is 0.379 e. The summed E-state index contributed by atoms with van der Waals surface area (Å²) in [6, 6.07) is 0. The van der Waals surface area contributed by atoms with Gasteiger partial charge in [-0.05, 0) is 31.6 Å². The molecule has 0 spiro atoms. The van der Waals surface area contributed by atoms with E-state index in [9.17, 15) is 0 Å². The highest BCUT2D eigenvalue weighted by Crippen LogP contribution is 2.32. The second-order valence-corrected chi connectivity index (χ2v) is 7.25. The van der Waals surface area contributed by atoms with Crippen LogP contribution in [-0.2, 0) is 4.74 Å². The number of rotatable bonds is 5. The fourth-order valence-electron chi connectivity index (χ4n) is 3.47.